The van der Waals surface area contributed by atoms with Crippen molar-refractivity contribution in [2.24, 2.45) is 28.6 Å². The zero-order valence-electron chi connectivity index (χ0n) is 19.6. The summed E-state index contributed by atoms with van der Waals surface area (Å²) in [6.07, 6.45) is 7.92. The fourth-order valence-electron chi connectivity index (χ4n) is 7.73. The van der Waals surface area contributed by atoms with Crippen molar-refractivity contribution < 1.29 is 23.9 Å². The second-order valence-electron chi connectivity index (χ2n) is 10.7. The number of carbonyl (C=O) groups is 4. The predicted octanol–water partition coefficient (Wildman–Crippen LogP) is 4.75. The average molecular weight is 461 g/mol. The smallest absolute Gasteiger partial charge is 0.306 e. The highest BCUT2D eigenvalue weighted by molar-refractivity contribution is 6.37. The van der Waals surface area contributed by atoms with E-state index in [2.05, 4.69) is 0 Å². The number of fused-ring (bicyclic) bond motifs is 5. The standard InChI is InChI=1S/C26H33ClO5/c1-6-7-22(31)32-26(16(3)28)15(2)12-20-19-9-8-17-13-18(29)10-11-23(17,4)25(19,27)21(30)14-24(20,26)5/h10-11,13,15,19-20H,6-9,12,14H2,1-5H3/t15?,19-,20-,23-,24-,25-,26-/m0/s1. The van der Waals surface area contributed by atoms with Gasteiger partial charge in [0.1, 0.15) is 4.87 Å². The number of halogens is 1. The quantitative estimate of drug-likeness (QED) is 0.446. The normalized spacial score (nSPS) is 44.9. The van der Waals surface area contributed by atoms with Crippen molar-refractivity contribution in [3.05, 3.63) is 23.8 Å². The van der Waals surface area contributed by atoms with Crippen LogP contribution in [-0.4, -0.2) is 33.8 Å². The molecule has 0 heterocycles. The molecule has 0 N–H and O–H groups in total. The van der Waals surface area contributed by atoms with Crippen LogP contribution in [0.1, 0.15) is 73.1 Å². The minimum absolute atomic E-state index is 0.0459. The van der Waals surface area contributed by atoms with Gasteiger partial charge in [0.15, 0.2) is 23.0 Å². The lowest BCUT2D eigenvalue weighted by Gasteiger charge is -2.61. The number of allylic oxidation sites excluding steroid dienone is 4. The van der Waals surface area contributed by atoms with E-state index in [1.165, 1.54) is 13.0 Å². The van der Waals surface area contributed by atoms with Crippen LogP contribution in [0, 0.1) is 28.6 Å². The van der Waals surface area contributed by atoms with Crippen LogP contribution in [0.5, 0.6) is 0 Å². The lowest BCUT2D eigenvalue weighted by molar-refractivity contribution is -0.193. The molecule has 4 rings (SSSR count). The maximum Gasteiger partial charge on any atom is 0.306 e. The van der Waals surface area contributed by atoms with Gasteiger partial charge in [-0.3, -0.25) is 19.2 Å². The Bertz CT molecular complexity index is 965. The Hall–Kier alpha value is -1.75. The van der Waals surface area contributed by atoms with E-state index in [4.69, 9.17) is 16.3 Å². The zero-order chi connectivity index (χ0) is 23.7. The van der Waals surface area contributed by atoms with Crippen molar-refractivity contribution in [3.8, 4) is 0 Å². The molecule has 3 saturated carbocycles. The Balaban J connectivity index is 1.83. The lowest BCUT2D eigenvalue weighted by Crippen LogP contribution is -2.67. The van der Waals surface area contributed by atoms with Gasteiger partial charge in [-0.25, -0.2) is 0 Å². The predicted molar refractivity (Wildman–Crippen MR) is 121 cm³/mol. The van der Waals surface area contributed by atoms with Gasteiger partial charge in [0.05, 0.1) is 0 Å². The molecule has 0 saturated heterocycles. The third-order valence-electron chi connectivity index (χ3n) is 9.20. The summed E-state index contributed by atoms with van der Waals surface area (Å²) in [6, 6.07) is 0. The molecular weight excluding hydrogens is 428 g/mol. The van der Waals surface area contributed by atoms with Crippen LogP contribution in [0.3, 0.4) is 0 Å². The molecule has 32 heavy (non-hydrogen) atoms. The number of alkyl halides is 1. The Morgan fingerprint density at radius 2 is 1.91 bits per heavy atom. The summed E-state index contributed by atoms with van der Waals surface area (Å²) in [5.74, 6) is -1.21. The summed E-state index contributed by atoms with van der Waals surface area (Å²) >= 11 is 7.35. The first-order valence-electron chi connectivity index (χ1n) is 11.8. The maximum absolute atomic E-state index is 13.9. The first-order valence-corrected chi connectivity index (χ1v) is 12.2. The molecule has 0 aromatic heterocycles. The van der Waals surface area contributed by atoms with E-state index in [1.54, 1.807) is 6.08 Å². The lowest BCUT2D eigenvalue weighted by atomic mass is 9.46. The molecule has 0 amide bonds. The summed E-state index contributed by atoms with van der Waals surface area (Å²) in [6.45, 7) is 9.24. The molecule has 4 aliphatic rings. The molecular formula is C26H33ClO5. The molecule has 5 nitrogen and oxygen atoms in total. The highest BCUT2D eigenvalue weighted by Gasteiger charge is 2.76. The number of hydrogen-bond donors (Lipinski definition) is 0. The van der Waals surface area contributed by atoms with Crippen molar-refractivity contribution in [2.75, 3.05) is 0 Å². The summed E-state index contributed by atoms with van der Waals surface area (Å²) in [5, 5.41) is 0. The molecule has 6 heteroatoms. The van der Waals surface area contributed by atoms with E-state index in [0.29, 0.717) is 25.7 Å². The Morgan fingerprint density at radius 1 is 1.22 bits per heavy atom. The van der Waals surface area contributed by atoms with Crippen molar-refractivity contribution >= 4 is 34.9 Å². The van der Waals surface area contributed by atoms with Gasteiger partial charge >= 0.3 is 5.97 Å². The van der Waals surface area contributed by atoms with E-state index in [-0.39, 0.29) is 53.9 Å². The van der Waals surface area contributed by atoms with Crippen LogP contribution < -0.4 is 0 Å². The minimum atomic E-state index is -1.33. The van der Waals surface area contributed by atoms with Gasteiger partial charge in [-0.1, -0.05) is 39.3 Å². The number of esters is 1. The average Bonchev–Trinajstić information content (AvgIpc) is 2.92. The van der Waals surface area contributed by atoms with Crippen LogP contribution in [0.25, 0.3) is 0 Å². The van der Waals surface area contributed by atoms with Gasteiger partial charge in [0, 0.05) is 29.6 Å². The van der Waals surface area contributed by atoms with Crippen molar-refractivity contribution in [2.45, 2.75) is 83.6 Å². The van der Waals surface area contributed by atoms with E-state index in [0.717, 1.165) is 5.57 Å². The number of carbonyl (C=O) groups excluding carboxylic acids is 4. The molecule has 0 radical (unpaired) electrons. The van der Waals surface area contributed by atoms with Crippen molar-refractivity contribution in [1.29, 1.82) is 0 Å². The van der Waals surface area contributed by atoms with Crippen LogP contribution in [0.2, 0.25) is 0 Å². The van der Waals surface area contributed by atoms with Gasteiger partial charge in [0.2, 0.25) is 0 Å². The minimum Gasteiger partial charge on any atom is -0.450 e. The zero-order valence-corrected chi connectivity index (χ0v) is 20.4. The number of ether oxygens (including phenoxy) is 1. The summed E-state index contributed by atoms with van der Waals surface area (Å²) < 4.78 is 6.04. The molecule has 7 atom stereocenters. The Kier molecular flexibility index (Phi) is 5.40. The Morgan fingerprint density at radius 3 is 2.53 bits per heavy atom. The largest absolute Gasteiger partial charge is 0.450 e. The van der Waals surface area contributed by atoms with E-state index < -0.39 is 21.3 Å². The number of ketones is 3. The monoisotopic (exact) mass is 460 g/mol. The van der Waals surface area contributed by atoms with E-state index >= 15 is 0 Å². The molecule has 3 fully saturated rings. The van der Waals surface area contributed by atoms with Crippen LogP contribution in [-0.2, 0) is 23.9 Å². The number of Topliss-reactive ketones (excluding diaryl/α,β-unsaturated/α-hetero) is 2. The van der Waals surface area contributed by atoms with E-state index in [9.17, 15) is 19.2 Å². The first kappa shape index (κ1) is 23.4. The fourth-order valence-corrected chi connectivity index (χ4v) is 8.25. The Labute approximate surface area is 195 Å². The molecule has 0 bridgehead atoms. The fraction of sp³-hybridized carbons (Fsp3) is 0.692. The molecule has 4 aliphatic carbocycles. The third kappa shape index (κ3) is 2.69. The van der Waals surface area contributed by atoms with Gasteiger partial charge < -0.3 is 4.74 Å². The molecule has 1 unspecified atom stereocenters. The van der Waals surface area contributed by atoms with Gasteiger partial charge in [-0.05, 0) is 56.6 Å². The van der Waals surface area contributed by atoms with Crippen LogP contribution in [0.4, 0.5) is 0 Å². The van der Waals surface area contributed by atoms with Crippen molar-refractivity contribution in [3.63, 3.8) is 0 Å². The summed E-state index contributed by atoms with van der Waals surface area (Å²) in [4.78, 5) is 50.6. The van der Waals surface area contributed by atoms with Crippen LogP contribution in [0.15, 0.2) is 23.8 Å². The number of hydrogen-bond acceptors (Lipinski definition) is 5. The SMILES string of the molecule is CCCC(=O)O[C@]1(C(C)=O)C(C)C[C@H]2[C@@H]3CCC4=CC(=O)C=C[C@]4(C)[C@@]3(Cl)C(=O)C[C@@]21C. The molecule has 0 aliphatic heterocycles. The highest BCUT2D eigenvalue weighted by Crippen LogP contribution is 2.71. The summed E-state index contributed by atoms with van der Waals surface area (Å²) in [7, 11) is 0. The molecule has 174 valence electrons. The van der Waals surface area contributed by atoms with Gasteiger partial charge in [-0.15, -0.1) is 11.6 Å². The third-order valence-corrected chi connectivity index (χ3v) is 10.1. The van der Waals surface area contributed by atoms with Gasteiger partial charge in [-0.2, -0.15) is 0 Å². The maximum atomic E-state index is 13.9. The molecule has 0 aromatic rings. The number of rotatable bonds is 4. The topological polar surface area (TPSA) is 77.5 Å². The molecule has 0 aromatic carbocycles. The van der Waals surface area contributed by atoms with Gasteiger partial charge in [0.25, 0.3) is 0 Å². The first-order chi connectivity index (χ1) is 14.9. The van der Waals surface area contributed by atoms with Crippen molar-refractivity contribution in [1.82, 2.24) is 0 Å². The second kappa shape index (κ2) is 7.38. The van der Waals surface area contributed by atoms with Crippen LogP contribution >= 0.6 is 11.6 Å². The van der Waals surface area contributed by atoms with E-state index in [1.807, 2.05) is 33.8 Å². The summed E-state index contributed by atoms with van der Waals surface area (Å²) in [5.41, 5.74) is -1.97. The second-order valence-corrected chi connectivity index (χ2v) is 11.3. The molecule has 0 spiro atoms. The highest BCUT2D eigenvalue weighted by atomic mass is 35.5.